The van der Waals surface area contributed by atoms with Gasteiger partial charge in [0.15, 0.2) is 11.6 Å². The molecule has 0 bridgehead atoms. The van der Waals surface area contributed by atoms with Gasteiger partial charge in [0, 0.05) is 16.8 Å². The molecule has 0 aliphatic rings. The molecule has 57 heavy (non-hydrogen) atoms. The first-order chi connectivity index (χ1) is 28.3. The van der Waals surface area contributed by atoms with Gasteiger partial charge in [-0.3, -0.25) is 4.57 Å². The zero-order valence-electron chi connectivity index (χ0n) is 31.0. The van der Waals surface area contributed by atoms with E-state index in [1.165, 1.54) is 65.3 Å². The highest BCUT2D eigenvalue weighted by Gasteiger charge is 2.20. The van der Waals surface area contributed by atoms with Crippen LogP contribution in [0.1, 0.15) is 0 Å². The fraction of sp³-hybridized carbons (Fsp3) is 0. The Morgan fingerprint density at radius 2 is 0.684 bits per heavy atom. The lowest BCUT2D eigenvalue weighted by molar-refractivity contribution is 1.07. The molecule has 266 valence electrons. The SMILES string of the molecule is c1ccc(-c2c3ccccc3c(-c3ccccc3)c3cc(-c4ccc(-n5c(-c6ccc7ccccc7c6)nnc5-c5ccc6ccccc6c5)cc4)ccc23)cc1. The molecule has 11 rings (SSSR count). The lowest BCUT2D eigenvalue weighted by Gasteiger charge is -2.19. The smallest absolute Gasteiger partial charge is 0.168 e. The van der Waals surface area contributed by atoms with Gasteiger partial charge in [0.25, 0.3) is 0 Å². The highest BCUT2D eigenvalue weighted by molar-refractivity contribution is 6.22. The van der Waals surface area contributed by atoms with E-state index in [4.69, 9.17) is 10.2 Å². The number of hydrogen-bond donors (Lipinski definition) is 0. The molecule has 0 saturated heterocycles. The van der Waals surface area contributed by atoms with Gasteiger partial charge in [-0.15, -0.1) is 10.2 Å². The molecule has 0 amide bonds. The number of rotatable bonds is 6. The van der Waals surface area contributed by atoms with Crippen LogP contribution in [0.3, 0.4) is 0 Å². The van der Waals surface area contributed by atoms with Gasteiger partial charge in [-0.25, -0.2) is 0 Å². The molecule has 3 nitrogen and oxygen atoms in total. The fourth-order valence-electron chi connectivity index (χ4n) is 8.55. The zero-order valence-corrected chi connectivity index (χ0v) is 31.0. The van der Waals surface area contributed by atoms with E-state index in [1.54, 1.807) is 0 Å². The maximum Gasteiger partial charge on any atom is 0.168 e. The number of fused-ring (bicyclic) bond motifs is 4. The van der Waals surface area contributed by atoms with Crippen LogP contribution in [0.4, 0.5) is 0 Å². The highest BCUT2D eigenvalue weighted by atomic mass is 15.3. The molecule has 0 aliphatic heterocycles. The fourth-order valence-corrected chi connectivity index (χ4v) is 8.55. The van der Waals surface area contributed by atoms with Gasteiger partial charge in [0.1, 0.15) is 0 Å². The molecule has 0 unspecified atom stereocenters. The van der Waals surface area contributed by atoms with Crippen molar-refractivity contribution in [3.05, 3.63) is 212 Å². The first-order valence-electron chi connectivity index (χ1n) is 19.4. The highest BCUT2D eigenvalue weighted by Crippen LogP contribution is 2.45. The summed E-state index contributed by atoms with van der Waals surface area (Å²) in [5.41, 5.74) is 10.3. The van der Waals surface area contributed by atoms with E-state index < -0.39 is 0 Å². The Balaban J connectivity index is 1.08. The van der Waals surface area contributed by atoms with Gasteiger partial charge in [-0.2, -0.15) is 0 Å². The van der Waals surface area contributed by atoms with Gasteiger partial charge in [-0.1, -0.05) is 182 Å². The van der Waals surface area contributed by atoms with Crippen molar-refractivity contribution in [1.82, 2.24) is 14.8 Å². The topological polar surface area (TPSA) is 30.7 Å². The Labute approximate surface area is 330 Å². The van der Waals surface area contributed by atoms with Crippen molar-refractivity contribution in [3.63, 3.8) is 0 Å². The summed E-state index contributed by atoms with van der Waals surface area (Å²) in [5, 5.41) is 19.4. The van der Waals surface area contributed by atoms with E-state index in [0.29, 0.717) is 0 Å². The number of aromatic nitrogens is 3. The molecular weight excluding hydrogens is 691 g/mol. The Kier molecular flexibility index (Phi) is 7.82. The van der Waals surface area contributed by atoms with Crippen LogP contribution in [-0.4, -0.2) is 14.8 Å². The van der Waals surface area contributed by atoms with E-state index in [1.807, 2.05) is 0 Å². The van der Waals surface area contributed by atoms with Crippen molar-refractivity contribution in [3.8, 4) is 61.8 Å². The van der Waals surface area contributed by atoms with Crippen molar-refractivity contribution < 1.29 is 0 Å². The maximum atomic E-state index is 4.85. The van der Waals surface area contributed by atoms with Crippen LogP contribution < -0.4 is 0 Å². The van der Waals surface area contributed by atoms with Crippen LogP contribution in [0.5, 0.6) is 0 Å². The number of hydrogen-bond acceptors (Lipinski definition) is 2. The van der Waals surface area contributed by atoms with E-state index in [0.717, 1.165) is 39.6 Å². The summed E-state index contributed by atoms with van der Waals surface area (Å²) in [6.07, 6.45) is 0. The first-order valence-corrected chi connectivity index (χ1v) is 19.4. The van der Waals surface area contributed by atoms with Crippen LogP contribution in [-0.2, 0) is 0 Å². The lowest BCUT2D eigenvalue weighted by Crippen LogP contribution is -2.00. The van der Waals surface area contributed by atoms with E-state index >= 15 is 0 Å². The summed E-state index contributed by atoms with van der Waals surface area (Å²) in [7, 11) is 0. The Morgan fingerprint density at radius 3 is 1.23 bits per heavy atom. The molecule has 0 atom stereocenters. The molecular formula is C54H35N3. The Bertz CT molecular complexity index is 3180. The van der Waals surface area contributed by atoms with Crippen LogP contribution in [0.25, 0.3) is 105 Å². The molecule has 0 N–H and O–H groups in total. The molecule has 0 spiro atoms. The van der Waals surface area contributed by atoms with Crippen LogP contribution >= 0.6 is 0 Å². The van der Waals surface area contributed by atoms with Crippen LogP contribution in [0, 0.1) is 0 Å². The summed E-state index contributed by atoms with van der Waals surface area (Å²) in [6, 6.07) is 76.2. The van der Waals surface area contributed by atoms with Crippen molar-refractivity contribution >= 4 is 43.1 Å². The minimum absolute atomic E-state index is 0.801. The lowest BCUT2D eigenvalue weighted by atomic mass is 9.85. The summed E-state index contributed by atoms with van der Waals surface area (Å²) in [4.78, 5) is 0. The third-order valence-electron chi connectivity index (χ3n) is 11.3. The molecule has 3 heteroatoms. The second kappa shape index (κ2) is 13.6. The summed E-state index contributed by atoms with van der Waals surface area (Å²) in [5.74, 6) is 1.60. The summed E-state index contributed by atoms with van der Waals surface area (Å²) < 4.78 is 2.20. The van der Waals surface area contributed by atoms with Crippen LogP contribution in [0.2, 0.25) is 0 Å². The van der Waals surface area contributed by atoms with Gasteiger partial charge in [-0.05, 0) is 107 Å². The normalized spacial score (nSPS) is 11.5. The minimum Gasteiger partial charge on any atom is -0.275 e. The maximum absolute atomic E-state index is 4.85. The average Bonchev–Trinajstić information content (AvgIpc) is 3.74. The molecule has 0 radical (unpaired) electrons. The standard InChI is InChI=1S/C54H35N3/c1-3-15-39(16-4-1)51-47-21-11-12-22-48(47)52(40-17-5-2-6-18-40)50-35-43(29-32-49(50)51)38-27-30-46(31-28-38)57-53(44-25-23-36-13-7-9-19-41(36)33-44)55-56-54(57)45-26-24-37-14-8-10-20-42(37)34-45/h1-35H. The largest absolute Gasteiger partial charge is 0.275 e. The molecule has 1 heterocycles. The number of nitrogens with zero attached hydrogens (tertiary/aromatic N) is 3. The zero-order chi connectivity index (χ0) is 37.7. The first kappa shape index (κ1) is 32.8. The Hall–Kier alpha value is -7.62. The average molecular weight is 726 g/mol. The van der Waals surface area contributed by atoms with Crippen molar-refractivity contribution in [1.29, 1.82) is 0 Å². The van der Waals surface area contributed by atoms with Crippen molar-refractivity contribution in [2.45, 2.75) is 0 Å². The third-order valence-corrected chi connectivity index (χ3v) is 11.3. The van der Waals surface area contributed by atoms with Crippen LogP contribution in [0.15, 0.2) is 212 Å². The molecule has 0 aliphatic carbocycles. The molecule has 10 aromatic carbocycles. The second-order valence-electron chi connectivity index (χ2n) is 14.6. The molecule has 11 aromatic rings. The van der Waals surface area contributed by atoms with Gasteiger partial charge >= 0.3 is 0 Å². The van der Waals surface area contributed by atoms with E-state index in [2.05, 4.69) is 217 Å². The predicted octanol–water partition coefficient (Wildman–Crippen LogP) is 14.2. The molecule has 0 fully saturated rings. The Morgan fingerprint density at radius 1 is 0.263 bits per heavy atom. The minimum atomic E-state index is 0.801. The van der Waals surface area contributed by atoms with Gasteiger partial charge in [0.05, 0.1) is 0 Å². The van der Waals surface area contributed by atoms with Crippen molar-refractivity contribution in [2.75, 3.05) is 0 Å². The van der Waals surface area contributed by atoms with E-state index in [-0.39, 0.29) is 0 Å². The molecule has 0 saturated carbocycles. The third kappa shape index (κ3) is 5.68. The van der Waals surface area contributed by atoms with E-state index in [9.17, 15) is 0 Å². The summed E-state index contributed by atoms with van der Waals surface area (Å²) >= 11 is 0. The van der Waals surface area contributed by atoms with Crippen molar-refractivity contribution in [2.24, 2.45) is 0 Å². The summed E-state index contributed by atoms with van der Waals surface area (Å²) in [6.45, 7) is 0. The van der Waals surface area contributed by atoms with Gasteiger partial charge < -0.3 is 0 Å². The quantitative estimate of drug-likeness (QED) is 0.160. The predicted molar refractivity (Wildman–Crippen MR) is 239 cm³/mol. The second-order valence-corrected chi connectivity index (χ2v) is 14.6. The van der Waals surface area contributed by atoms with Gasteiger partial charge in [0.2, 0.25) is 0 Å². The monoisotopic (exact) mass is 725 g/mol. The number of benzene rings is 10. The molecule has 1 aromatic heterocycles.